The molecular weight excluding hydrogens is 283 g/mol. The number of aliphatic hydroxyl groups excluding tert-OH is 1. The Hall–Kier alpha value is -2.47. The van der Waals surface area contributed by atoms with Gasteiger partial charge in [-0.25, -0.2) is 9.18 Å². The Morgan fingerprint density at radius 1 is 1.05 bits per heavy atom. The molecule has 4 nitrogen and oxygen atoms in total. The van der Waals surface area contributed by atoms with Gasteiger partial charge in [-0.2, -0.15) is 0 Å². The van der Waals surface area contributed by atoms with Crippen LogP contribution in [0.1, 0.15) is 9.67 Å². The van der Waals surface area contributed by atoms with E-state index in [9.17, 15) is 14.0 Å². The van der Waals surface area contributed by atoms with Gasteiger partial charge in [-0.15, -0.1) is 11.3 Å². The van der Waals surface area contributed by atoms with Crippen LogP contribution in [0.15, 0.2) is 48.2 Å². The lowest BCUT2D eigenvalue weighted by atomic mass is 10.2. The summed E-state index contributed by atoms with van der Waals surface area (Å²) in [5, 5.41) is 17.5. The van der Waals surface area contributed by atoms with E-state index in [1.165, 1.54) is 18.2 Å². The highest BCUT2D eigenvalue weighted by Gasteiger charge is 2.12. The average molecular weight is 292 g/mol. The quantitative estimate of drug-likeness (QED) is 0.515. The second-order valence-corrected chi connectivity index (χ2v) is 4.95. The normalized spacial score (nSPS) is 11.3. The minimum atomic E-state index is -1.56. The first-order chi connectivity index (χ1) is 9.47. The fourth-order valence-corrected chi connectivity index (χ4v) is 2.42. The van der Waals surface area contributed by atoms with Gasteiger partial charge in [-0.3, -0.25) is 4.79 Å². The molecule has 1 heterocycles. The van der Waals surface area contributed by atoms with Gasteiger partial charge in [0.2, 0.25) is 5.76 Å². The zero-order chi connectivity index (χ0) is 14.7. The van der Waals surface area contributed by atoms with E-state index in [1.54, 1.807) is 18.2 Å². The number of carboxylic acid groups (broad SMARTS) is 1. The summed E-state index contributed by atoms with van der Waals surface area (Å²) in [6, 6.07) is 8.99. The van der Waals surface area contributed by atoms with Gasteiger partial charge in [0.1, 0.15) is 5.82 Å². The van der Waals surface area contributed by atoms with E-state index in [0.717, 1.165) is 21.8 Å². The first kappa shape index (κ1) is 14.0. The van der Waals surface area contributed by atoms with E-state index >= 15 is 0 Å². The third-order valence-electron chi connectivity index (χ3n) is 2.46. The number of allylic oxidation sites excluding steroid dienone is 1. The second-order valence-electron chi connectivity index (χ2n) is 3.87. The predicted octanol–water partition coefficient (Wildman–Crippen LogP) is 3.26. The Labute approximate surface area is 117 Å². The largest absolute Gasteiger partial charge is 0.502 e. The third-order valence-corrected chi connectivity index (χ3v) is 3.61. The monoisotopic (exact) mass is 292 g/mol. The van der Waals surface area contributed by atoms with E-state index in [1.807, 2.05) is 0 Å². The molecule has 0 unspecified atom stereocenters. The van der Waals surface area contributed by atoms with Gasteiger partial charge in [0.05, 0.1) is 4.88 Å². The second kappa shape index (κ2) is 5.66. The van der Waals surface area contributed by atoms with E-state index < -0.39 is 17.5 Å². The molecule has 0 atom stereocenters. The Morgan fingerprint density at radius 2 is 1.70 bits per heavy atom. The molecule has 2 N–H and O–H groups in total. The number of aliphatic carboxylic acids is 1. The molecule has 2 rings (SSSR count). The maximum Gasteiger partial charge on any atom is 0.371 e. The summed E-state index contributed by atoms with van der Waals surface area (Å²) in [7, 11) is 0. The number of halogens is 1. The topological polar surface area (TPSA) is 74.6 Å². The van der Waals surface area contributed by atoms with Crippen molar-refractivity contribution in [2.75, 3.05) is 0 Å². The Bertz CT molecular complexity index is 685. The van der Waals surface area contributed by atoms with Crippen LogP contribution in [0, 0.1) is 5.82 Å². The molecule has 0 fully saturated rings. The van der Waals surface area contributed by atoms with Crippen LogP contribution < -0.4 is 0 Å². The van der Waals surface area contributed by atoms with E-state index in [0.29, 0.717) is 6.08 Å². The number of carbonyl (C=O) groups is 2. The van der Waals surface area contributed by atoms with Gasteiger partial charge in [0.25, 0.3) is 0 Å². The highest BCUT2D eigenvalue weighted by atomic mass is 32.1. The van der Waals surface area contributed by atoms with Crippen molar-refractivity contribution in [3.05, 3.63) is 58.9 Å². The van der Waals surface area contributed by atoms with Crippen LogP contribution in [0.4, 0.5) is 4.39 Å². The van der Waals surface area contributed by atoms with Crippen molar-refractivity contribution >= 4 is 23.1 Å². The summed E-state index contributed by atoms with van der Waals surface area (Å²) in [4.78, 5) is 23.2. The molecule has 0 aliphatic rings. The number of hydrogen-bond acceptors (Lipinski definition) is 4. The van der Waals surface area contributed by atoms with Crippen molar-refractivity contribution in [2.24, 2.45) is 0 Å². The molecule has 0 spiro atoms. The molecule has 1 aromatic carbocycles. The number of hydrogen-bond donors (Lipinski definition) is 2. The molecule has 0 saturated heterocycles. The molecule has 0 saturated carbocycles. The zero-order valence-corrected chi connectivity index (χ0v) is 10.9. The summed E-state index contributed by atoms with van der Waals surface area (Å²) < 4.78 is 12.8. The maximum absolute atomic E-state index is 12.8. The predicted molar refractivity (Wildman–Crippen MR) is 72.4 cm³/mol. The molecular formula is C14H9FO4S. The van der Waals surface area contributed by atoms with Crippen LogP contribution >= 0.6 is 11.3 Å². The van der Waals surface area contributed by atoms with Crippen molar-refractivity contribution in [1.29, 1.82) is 0 Å². The minimum absolute atomic E-state index is 0.289. The Balaban J connectivity index is 2.25. The van der Waals surface area contributed by atoms with Gasteiger partial charge in [-0.1, -0.05) is 12.1 Å². The van der Waals surface area contributed by atoms with Crippen molar-refractivity contribution in [3.8, 4) is 10.4 Å². The molecule has 0 aliphatic heterocycles. The van der Waals surface area contributed by atoms with Crippen molar-refractivity contribution in [1.82, 2.24) is 0 Å². The van der Waals surface area contributed by atoms with Gasteiger partial charge in [-0.05, 0) is 29.8 Å². The summed E-state index contributed by atoms with van der Waals surface area (Å²) in [6.45, 7) is 0. The SMILES string of the molecule is O=C(O)/C(O)=C/C(=O)c1ccc(-c2ccc(F)cc2)s1. The van der Waals surface area contributed by atoms with Gasteiger partial charge in [0.15, 0.2) is 5.78 Å². The smallest absolute Gasteiger partial charge is 0.371 e. The van der Waals surface area contributed by atoms with Crippen molar-refractivity contribution in [2.45, 2.75) is 0 Å². The van der Waals surface area contributed by atoms with E-state index in [-0.39, 0.29) is 10.7 Å². The number of ketones is 1. The van der Waals surface area contributed by atoms with Gasteiger partial charge >= 0.3 is 5.97 Å². The molecule has 6 heteroatoms. The highest BCUT2D eigenvalue weighted by Crippen LogP contribution is 2.28. The standard InChI is InChI=1S/C14H9FO4S/c15-9-3-1-8(2-4-9)12-5-6-13(20-12)10(16)7-11(17)14(18)19/h1-7,17H,(H,18,19)/b11-7-. The number of benzene rings is 1. The lowest BCUT2D eigenvalue weighted by Crippen LogP contribution is -2.02. The molecule has 0 amide bonds. The number of aliphatic hydroxyl groups is 1. The fourth-order valence-electron chi connectivity index (χ4n) is 1.50. The molecule has 0 aliphatic carbocycles. The molecule has 2 aromatic rings. The van der Waals surface area contributed by atoms with Crippen LogP contribution in [-0.2, 0) is 4.79 Å². The minimum Gasteiger partial charge on any atom is -0.502 e. The number of carbonyl (C=O) groups excluding carboxylic acids is 1. The van der Waals surface area contributed by atoms with Crippen LogP contribution in [0.3, 0.4) is 0 Å². The molecule has 1 aromatic heterocycles. The lowest BCUT2D eigenvalue weighted by Gasteiger charge is -1.96. The third kappa shape index (κ3) is 3.10. The van der Waals surface area contributed by atoms with Crippen LogP contribution in [-0.4, -0.2) is 22.0 Å². The van der Waals surface area contributed by atoms with Gasteiger partial charge < -0.3 is 10.2 Å². The fraction of sp³-hybridized carbons (Fsp3) is 0. The molecule has 0 bridgehead atoms. The maximum atomic E-state index is 12.8. The molecule has 102 valence electrons. The molecule has 20 heavy (non-hydrogen) atoms. The zero-order valence-electron chi connectivity index (χ0n) is 10.0. The summed E-state index contributed by atoms with van der Waals surface area (Å²) in [5.41, 5.74) is 0.752. The van der Waals surface area contributed by atoms with Crippen LogP contribution in [0.2, 0.25) is 0 Å². The van der Waals surface area contributed by atoms with E-state index in [4.69, 9.17) is 10.2 Å². The first-order valence-electron chi connectivity index (χ1n) is 5.51. The van der Waals surface area contributed by atoms with Crippen LogP contribution in [0.25, 0.3) is 10.4 Å². The van der Waals surface area contributed by atoms with Gasteiger partial charge in [0, 0.05) is 11.0 Å². The number of carboxylic acids is 1. The number of rotatable bonds is 4. The number of thiophene rings is 1. The molecule has 0 radical (unpaired) electrons. The first-order valence-corrected chi connectivity index (χ1v) is 6.33. The Kier molecular flexibility index (Phi) is 3.95. The van der Waals surface area contributed by atoms with E-state index in [2.05, 4.69) is 0 Å². The van der Waals surface area contributed by atoms with Crippen LogP contribution in [0.5, 0.6) is 0 Å². The highest BCUT2D eigenvalue weighted by molar-refractivity contribution is 7.17. The lowest BCUT2D eigenvalue weighted by molar-refractivity contribution is -0.135. The Morgan fingerprint density at radius 3 is 2.30 bits per heavy atom. The summed E-state index contributed by atoms with van der Waals surface area (Å²) in [5.74, 6) is -3.51. The van der Waals surface area contributed by atoms with Crippen molar-refractivity contribution in [3.63, 3.8) is 0 Å². The average Bonchev–Trinajstić information content (AvgIpc) is 2.89. The van der Waals surface area contributed by atoms with Crippen molar-refractivity contribution < 1.29 is 24.2 Å². The summed E-state index contributed by atoms with van der Waals surface area (Å²) in [6.07, 6.45) is 0.655. The summed E-state index contributed by atoms with van der Waals surface area (Å²) >= 11 is 1.13.